The number of aryl methyl sites for hydroxylation is 2. The van der Waals surface area contributed by atoms with E-state index < -0.39 is 10.8 Å². The minimum atomic E-state index is -0.538. The molecule has 0 fully saturated rings. The Morgan fingerprint density at radius 2 is 1.72 bits per heavy atom. The largest absolute Gasteiger partial charge is 0.321 e. The fourth-order valence-electron chi connectivity index (χ4n) is 3.63. The lowest BCUT2D eigenvalue weighted by molar-refractivity contribution is -0.384. The lowest BCUT2D eigenvalue weighted by atomic mass is 10.1. The number of pyridine rings is 1. The standard InChI is InChI=1S/C25H21N3O4/c1-16-9-11-21(12-10-16)27(25(30)19-7-4-8-22(14-19)28(31)32)15-20-13-18-6-3-5-17(2)23(18)26-24(20)29/h3-14H,15H2,1-2H3,(H,26,29). The maximum absolute atomic E-state index is 13.4. The van der Waals surface area contributed by atoms with Gasteiger partial charge in [0.25, 0.3) is 17.2 Å². The summed E-state index contributed by atoms with van der Waals surface area (Å²) in [7, 11) is 0. The van der Waals surface area contributed by atoms with Crippen LogP contribution >= 0.6 is 0 Å². The molecule has 0 aliphatic carbocycles. The summed E-state index contributed by atoms with van der Waals surface area (Å²) >= 11 is 0. The number of hydrogen-bond donors (Lipinski definition) is 1. The van der Waals surface area contributed by atoms with Crippen LogP contribution in [-0.4, -0.2) is 15.8 Å². The van der Waals surface area contributed by atoms with Crippen LogP contribution < -0.4 is 10.5 Å². The molecule has 0 atom stereocenters. The van der Waals surface area contributed by atoms with Gasteiger partial charge in [0.05, 0.1) is 17.0 Å². The van der Waals surface area contributed by atoms with Gasteiger partial charge < -0.3 is 9.88 Å². The van der Waals surface area contributed by atoms with Crippen LogP contribution in [0, 0.1) is 24.0 Å². The lowest BCUT2D eigenvalue weighted by Crippen LogP contribution is -2.33. The molecule has 1 amide bonds. The summed E-state index contributed by atoms with van der Waals surface area (Å²) in [6.45, 7) is 3.87. The van der Waals surface area contributed by atoms with Gasteiger partial charge in [0.15, 0.2) is 0 Å². The summed E-state index contributed by atoms with van der Waals surface area (Å²) in [5.41, 5.74) is 3.47. The van der Waals surface area contributed by atoms with Crippen molar-refractivity contribution in [2.24, 2.45) is 0 Å². The van der Waals surface area contributed by atoms with Crippen LogP contribution in [0.3, 0.4) is 0 Å². The van der Waals surface area contributed by atoms with Crippen LogP contribution in [-0.2, 0) is 6.54 Å². The zero-order valence-corrected chi connectivity index (χ0v) is 17.7. The first-order valence-corrected chi connectivity index (χ1v) is 10.1. The Bertz CT molecular complexity index is 1390. The monoisotopic (exact) mass is 427 g/mol. The number of rotatable bonds is 5. The second-order valence-corrected chi connectivity index (χ2v) is 7.70. The molecule has 0 saturated heterocycles. The fourth-order valence-corrected chi connectivity index (χ4v) is 3.63. The van der Waals surface area contributed by atoms with Gasteiger partial charge in [-0.1, -0.05) is 42.0 Å². The van der Waals surface area contributed by atoms with E-state index in [0.717, 1.165) is 22.0 Å². The Morgan fingerprint density at radius 1 is 1.00 bits per heavy atom. The van der Waals surface area contributed by atoms with E-state index in [4.69, 9.17) is 0 Å². The van der Waals surface area contributed by atoms with E-state index in [9.17, 15) is 19.7 Å². The van der Waals surface area contributed by atoms with Crippen LogP contribution in [0.5, 0.6) is 0 Å². The normalized spacial score (nSPS) is 10.8. The van der Waals surface area contributed by atoms with Crippen molar-refractivity contribution in [3.05, 3.63) is 116 Å². The molecule has 7 nitrogen and oxygen atoms in total. The van der Waals surface area contributed by atoms with E-state index in [0.29, 0.717) is 11.3 Å². The molecule has 0 bridgehead atoms. The number of aromatic amines is 1. The summed E-state index contributed by atoms with van der Waals surface area (Å²) in [6, 6.07) is 20.4. The third-order valence-electron chi connectivity index (χ3n) is 5.39. The topological polar surface area (TPSA) is 96.3 Å². The molecule has 0 aliphatic heterocycles. The molecule has 7 heteroatoms. The zero-order valence-electron chi connectivity index (χ0n) is 17.7. The predicted molar refractivity (Wildman–Crippen MR) is 124 cm³/mol. The van der Waals surface area contributed by atoms with Crippen molar-refractivity contribution in [1.82, 2.24) is 4.98 Å². The third kappa shape index (κ3) is 4.13. The molecule has 0 unspecified atom stereocenters. The smallest absolute Gasteiger partial charge is 0.270 e. The maximum atomic E-state index is 13.4. The molecular formula is C25H21N3O4. The highest BCUT2D eigenvalue weighted by atomic mass is 16.6. The van der Waals surface area contributed by atoms with E-state index in [1.807, 2.05) is 44.2 Å². The Balaban J connectivity index is 1.79. The number of H-pyrrole nitrogens is 1. The number of carbonyl (C=O) groups excluding carboxylic acids is 1. The van der Waals surface area contributed by atoms with Crippen LogP contribution in [0.1, 0.15) is 27.0 Å². The number of fused-ring (bicyclic) bond motifs is 1. The van der Waals surface area contributed by atoms with E-state index >= 15 is 0 Å². The number of aromatic nitrogens is 1. The highest BCUT2D eigenvalue weighted by Crippen LogP contribution is 2.23. The average Bonchev–Trinajstić information content (AvgIpc) is 2.79. The summed E-state index contributed by atoms with van der Waals surface area (Å²) in [5.74, 6) is -0.429. The van der Waals surface area contributed by atoms with Crippen molar-refractivity contribution < 1.29 is 9.72 Å². The summed E-state index contributed by atoms with van der Waals surface area (Å²) in [5, 5.41) is 12.0. The number of nitro benzene ring substituents is 1. The molecule has 0 aliphatic rings. The van der Waals surface area contributed by atoms with Crippen molar-refractivity contribution >= 4 is 28.2 Å². The number of benzene rings is 3. The summed E-state index contributed by atoms with van der Waals surface area (Å²) in [6.07, 6.45) is 0. The van der Waals surface area contributed by atoms with Gasteiger partial charge in [-0.15, -0.1) is 0 Å². The maximum Gasteiger partial charge on any atom is 0.270 e. The average molecular weight is 427 g/mol. The number of non-ortho nitro benzene ring substituents is 1. The van der Waals surface area contributed by atoms with Gasteiger partial charge in [-0.05, 0) is 49.1 Å². The number of nitro groups is 1. The SMILES string of the molecule is Cc1ccc(N(Cc2cc3cccc(C)c3[nH]c2=O)C(=O)c2cccc([N+](=O)[O-])c2)cc1. The molecule has 0 saturated carbocycles. The van der Waals surface area contributed by atoms with Gasteiger partial charge in [0.2, 0.25) is 0 Å². The number of amides is 1. The van der Waals surface area contributed by atoms with Crippen molar-refractivity contribution in [1.29, 1.82) is 0 Å². The molecule has 4 aromatic rings. The zero-order chi connectivity index (χ0) is 22.8. The van der Waals surface area contributed by atoms with E-state index in [1.165, 1.54) is 29.2 Å². The first kappa shape index (κ1) is 21.0. The molecular weight excluding hydrogens is 406 g/mol. The number of anilines is 1. The molecule has 3 aromatic carbocycles. The van der Waals surface area contributed by atoms with Gasteiger partial charge in [0, 0.05) is 28.9 Å². The molecule has 160 valence electrons. The van der Waals surface area contributed by atoms with Crippen molar-refractivity contribution in [2.75, 3.05) is 4.90 Å². The quantitative estimate of drug-likeness (QED) is 0.362. The van der Waals surface area contributed by atoms with Crippen molar-refractivity contribution in [2.45, 2.75) is 20.4 Å². The van der Waals surface area contributed by atoms with Crippen LogP contribution in [0.25, 0.3) is 10.9 Å². The van der Waals surface area contributed by atoms with Gasteiger partial charge in [-0.2, -0.15) is 0 Å². The third-order valence-corrected chi connectivity index (χ3v) is 5.39. The minimum absolute atomic E-state index is 0.0177. The predicted octanol–water partition coefficient (Wildman–Crippen LogP) is 4.90. The Labute approximate surface area is 184 Å². The van der Waals surface area contributed by atoms with Gasteiger partial charge in [0.1, 0.15) is 0 Å². The molecule has 32 heavy (non-hydrogen) atoms. The highest BCUT2D eigenvalue weighted by molar-refractivity contribution is 6.06. The van der Waals surface area contributed by atoms with Gasteiger partial charge in [-0.25, -0.2) is 0 Å². The van der Waals surface area contributed by atoms with Crippen LogP contribution in [0.4, 0.5) is 11.4 Å². The Kier molecular flexibility index (Phi) is 5.55. The molecule has 1 heterocycles. The van der Waals surface area contributed by atoms with E-state index in [-0.39, 0.29) is 23.4 Å². The van der Waals surface area contributed by atoms with E-state index in [2.05, 4.69) is 4.98 Å². The number of para-hydroxylation sites is 1. The number of carbonyl (C=O) groups is 1. The molecule has 1 N–H and O–H groups in total. The van der Waals surface area contributed by atoms with Crippen LogP contribution in [0.2, 0.25) is 0 Å². The Morgan fingerprint density at radius 3 is 2.44 bits per heavy atom. The summed E-state index contributed by atoms with van der Waals surface area (Å²) < 4.78 is 0. The summed E-state index contributed by atoms with van der Waals surface area (Å²) in [4.78, 5) is 41.3. The lowest BCUT2D eigenvalue weighted by Gasteiger charge is -2.23. The first-order chi connectivity index (χ1) is 15.3. The van der Waals surface area contributed by atoms with Gasteiger partial charge in [-0.3, -0.25) is 19.7 Å². The van der Waals surface area contributed by atoms with Crippen molar-refractivity contribution in [3.63, 3.8) is 0 Å². The first-order valence-electron chi connectivity index (χ1n) is 10.1. The van der Waals surface area contributed by atoms with Crippen molar-refractivity contribution in [3.8, 4) is 0 Å². The number of nitrogens with one attached hydrogen (secondary N) is 1. The van der Waals surface area contributed by atoms with E-state index in [1.54, 1.807) is 18.2 Å². The fraction of sp³-hybridized carbons (Fsp3) is 0.120. The van der Waals surface area contributed by atoms with Gasteiger partial charge >= 0.3 is 0 Å². The Hall–Kier alpha value is -4.26. The highest BCUT2D eigenvalue weighted by Gasteiger charge is 2.21. The molecule has 0 radical (unpaired) electrons. The molecule has 0 spiro atoms. The second-order valence-electron chi connectivity index (χ2n) is 7.70. The number of nitrogens with zero attached hydrogens (tertiary/aromatic N) is 2. The molecule has 4 rings (SSSR count). The van der Waals surface area contributed by atoms with Crippen LogP contribution in [0.15, 0.2) is 77.6 Å². The number of hydrogen-bond acceptors (Lipinski definition) is 4. The molecule has 1 aromatic heterocycles. The minimum Gasteiger partial charge on any atom is -0.321 e. The second kappa shape index (κ2) is 8.47.